The molecule has 23 heavy (non-hydrogen) atoms. The van der Waals surface area contributed by atoms with E-state index >= 15 is 0 Å². The maximum Gasteiger partial charge on any atom is 0.266 e. The molecule has 0 aliphatic carbocycles. The number of nitrogens with two attached hydrogens (primary N) is 1. The fourth-order valence-corrected chi connectivity index (χ4v) is 2.99. The predicted octanol–water partition coefficient (Wildman–Crippen LogP) is 3.75. The number of aromatic nitrogens is 1. The number of carbonyl (C=O) groups excluding carboxylic acids is 1. The zero-order valence-corrected chi connectivity index (χ0v) is 15.0. The number of hydrogen-bond donors (Lipinski definition) is 2. The number of nitrogens with one attached hydrogen (secondary N) is 1. The SMILES string of the molecule is CC(N)Cc1csc(NC(=O)C(C)Oc2ccc(Cl)cc2Cl)n1. The number of anilines is 1. The Bertz CT molecular complexity index is 691. The van der Waals surface area contributed by atoms with Crippen LogP contribution in [0.1, 0.15) is 19.5 Å². The van der Waals surface area contributed by atoms with Crippen molar-refractivity contribution < 1.29 is 9.53 Å². The molecule has 5 nitrogen and oxygen atoms in total. The summed E-state index contributed by atoms with van der Waals surface area (Å²) in [6.07, 6.45) is -0.0619. The van der Waals surface area contributed by atoms with Gasteiger partial charge in [-0.15, -0.1) is 11.3 Å². The molecule has 0 aliphatic rings. The van der Waals surface area contributed by atoms with E-state index in [1.165, 1.54) is 11.3 Å². The van der Waals surface area contributed by atoms with Crippen LogP contribution in [0.5, 0.6) is 5.75 Å². The Morgan fingerprint density at radius 3 is 2.83 bits per heavy atom. The molecule has 124 valence electrons. The van der Waals surface area contributed by atoms with Crippen LogP contribution in [-0.4, -0.2) is 23.0 Å². The summed E-state index contributed by atoms with van der Waals surface area (Å²) >= 11 is 13.2. The molecule has 0 spiro atoms. The summed E-state index contributed by atoms with van der Waals surface area (Å²) in [4.78, 5) is 16.5. The third-order valence-electron chi connectivity index (χ3n) is 2.88. The van der Waals surface area contributed by atoms with Gasteiger partial charge in [-0.25, -0.2) is 4.98 Å². The van der Waals surface area contributed by atoms with E-state index in [-0.39, 0.29) is 11.9 Å². The van der Waals surface area contributed by atoms with E-state index in [9.17, 15) is 4.79 Å². The first-order valence-corrected chi connectivity index (χ1v) is 8.61. The molecule has 1 aromatic carbocycles. The standard InChI is InChI=1S/C15H17Cl2N3O2S/c1-8(18)5-11-7-23-15(19-11)20-14(21)9(2)22-13-4-3-10(16)6-12(13)17/h3-4,6-9H,5,18H2,1-2H3,(H,19,20,21). The van der Waals surface area contributed by atoms with Gasteiger partial charge in [0.15, 0.2) is 11.2 Å². The Balaban J connectivity index is 1.95. The third-order valence-corrected chi connectivity index (χ3v) is 4.22. The third kappa shape index (κ3) is 5.35. The van der Waals surface area contributed by atoms with Gasteiger partial charge in [0.1, 0.15) is 5.75 Å². The van der Waals surface area contributed by atoms with Crippen LogP contribution in [0.15, 0.2) is 23.6 Å². The average molecular weight is 374 g/mol. The maximum atomic E-state index is 12.2. The van der Waals surface area contributed by atoms with Crippen molar-refractivity contribution in [1.29, 1.82) is 0 Å². The number of thiazole rings is 1. The van der Waals surface area contributed by atoms with Gasteiger partial charge in [0.2, 0.25) is 0 Å². The molecular weight excluding hydrogens is 357 g/mol. The smallest absolute Gasteiger partial charge is 0.266 e. The molecule has 2 unspecified atom stereocenters. The van der Waals surface area contributed by atoms with Crippen molar-refractivity contribution in [1.82, 2.24) is 4.98 Å². The number of halogens is 2. The van der Waals surface area contributed by atoms with Gasteiger partial charge in [-0.1, -0.05) is 23.2 Å². The van der Waals surface area contributed by atoms with Crippen LogP contribution in [0.2, 0.25) is 10.0 Å². The zero-order valence-electron chi connectivity index (χ0n) is 12.7. The normalized spacial score (nSPS) is 13.4. The molecule has 2 aromatic rings. The Kier molecular flexibility index (Phi) is 6.24. The van der Waals surface area contributed by atoms with Gasteiger partial charge in [0, 0.05) is 22.9 Å². The van der Waals surface area contributed by atoms with Crippen LogP contribution >= 0.6 is 34.5 Å². The fourth-order valence-electron chi connectivity index (χ4n) is 1.81. The van der Waals surface area contributed by atoms with Gasteiger partial charge in [0.25, 0.3) is 5.91 Å². The summed E-state index contributed by atoms with van der Waals surface area (Å²) in [5.41, 5.74) is 6.59. The van der Waals surface area contributed by atoms with Crippen LogP contribution in [0, 0.1) is 0 Å². The highest BCUT2D eigenvalue weighted by Gasteiger charge is 2.18. The van der Waals surface area contributed by atoms with Crippen molar-refractivity contribution in [2.75, 3.05) is 5.32 Å². The highest BCUT2D eigenvalue weighted by Crippen LogP contribution is 2.28. The lowest BCUT2D eigenvalue weighted by molar-refractivity contribution is -0.122. The van der Waals surface area contributed by atoms with Crippen LogP contribution in [0.4, 0.5) is 5.13 Å². The van der Waals surface area contributed by atoms with Gasteiger partial charge in [-0.2, -0.15) is 0 Å². The number of benzene rings is 1. The van der Waals surface area contributed by atoms with Crippen molar-refractivity contribution in [3.63, 3.8) is 0 Å². The lowest BCUT2D eigenvalue weighted by atomic mass is 10.2. The summed E-state index contributed by atoms with van der Waals surface area (Å²) in [5, 5.41) is 5.97. The lowest BCUT2D eigenvalue weighted by Crippen LogP contribution is -2.30. The quantitative estimate of drug-likeness (QED) is 0.808. The molecule has 0 aliphatic heterocycles. The molecule has 1 aromatic heterocycles. The molecule has 0 radical (unpaired) electrons. The van der Waals surface area contributed by atoms with Gasteiger partial charge in [0.05, 0.1) is 10.7 Å². The van der Waals surface area contributed by atoms with Gasteiger partial charge >= 0.3 is 0 Å². The van der Waals surface area contributed by atoms with Crippen LogP contribution < -0.4 is 15.8 Å². The van der Waals surface area contributed by atoms with Crippen molar-refractivity contribution in [3.05, 3.63) is 39.3 Å². The molecule has 1 heterocycles. The second kappa shape index (κ2) is 7.97. The number of amides is 1. The van der Waals surface area contributed by atoms with Crippen molar-refractivity contribution in [2.24, 2.45) is 5.73 Å². The topological polar surface area (TPSA) is 77.2 Å². The van der Waals surface area contributed by atoms with E-state index in [0.29, 0.717) is 27.3 Å². The number of nitrogens with zero attached hydrogens (tertiary/aromatic N) is 1. The van der Waals surface area contributed by atoms with E-state index in [0.717, 1.165) is 5.69 Å². The molecule has 3 N–H and O–H groups in total. The summed E-state index contributed by atoms with van der Waals surface area (Å²) < 4.78 is 5.56. The Labute approximate surface area is 148 Å². The Morgan fingerprint density at radius 1 is 1.43 bits per heavy atom. The number of ether oxygens (including phenoxy) is 1. The first kappa shape index (κ1) is 18.0. The summed E-state index contributed by atoms with van der Waals surface area (Å²) in [5.74, 6) is 0.0909. The van der Waals surface area contributed by atoms with E-state index in [2.05, 4.69) is 10.3 Å². The van der Waals surface area contributed by atoms with E-state index < -0.39 is 6.10 Å². The molecule has 0 saturated carbocycles. The van der Waals surface area contributed by atoms with Crippen molar-refractivity contribution >= 4 is 45.6 Å². The largest absolute Gasteiger partial charge is 0.479 e. The van der Waals surface area contributed by atoms with Gasteiger partial charge in [-0.05, 0) is 32.0 Å². The van der Waals surface area contributed by atoms with Gasteiger partial charge in [-0.3, -0.25) is 10.1 Å². The number of rotatable bonds is 6. The van der Waals surface area contributed by atoms with Crippen molar-refractivity contribution in [2.45, 2.75) is 32.4 Å². The molecular formula is C15H17Cl2N3O2S. The molecule has 2 atom stereocenters. The van der Waals surface area contributed by atoms with Crippen LogP contribution in [0.3, 0.4) is 0 Å². The van der Waals surface area contributed by atoms with E-state index in [1.54, 1.807) is 25.1 Å². The highest BCUT2D eigenvalue weighted by molar-refractivity contribution is 7.13. The first-order valence-electron chi connectivity index (χ1n) is 6.97. The molecule has 2 rings (SSSR count). The van der Waals surface area contributed by atoms with Crippen LogP contribution in [0.25, 0.3) is 0 Å². The number of carbonyl (C=O) groups is 1. The monoisotopic (exact) mass is 373 g/mol. The van der Waals surface area contributed by atoms with Crippen LogP contribution in [-0.2, 0) is 11.2 Å². The van der Waals surface area contributed by atoms with Crippen molar-refractivity contribution in [3.8, 4) is 5.75 Å². The Morgan fingerprint density at radius 2 is 2.17 bits per heavy atom. The summed E-state index contributed by atoms with van der Waals surface area (Å²) in [7, 11) is 0. The van der Waals surface area contributed by atoms with Gasteiger partial charge < -0.3 is 10.5 Å². The summed E-state index contributed by atoms with van der Waals surface area (Å²) in [6.45, 7) is 3.54. The molecule has 0 bridgehead atoms. The predicted molar refractivity (Wildman–Crippen MR) is 94.6 cm³/mol. The number of hydrogen-bond acceptors (Lipinski definition) is 5. The minimum atomic E-state index is -0.727. The second-order valence-electron chi connectivity index (χ2n) is 5.15. The second-order valence-corrected chi connectivity index (χ2v) is 6.85. The minimum absolute atomic E-state index is 0.0231. The van der Waals surface area contributed by atoms with E-state index in [1.807, 2.05) is 12.3 Å². The van der Waals surface area contributed by atoms with E-state index in [4.69, 9.17) is 33.7 Å². The Hall–Kier alpha value is -1.34. The molecule has 1 amide bonds. The fraction of sp³-hybridized carbons (Fsp3) is 0.333. The zero-order chi connectivity index (χ0) is 17.0. The average Bonchev–Trinajstić information content (AvgIpc) is 2.88. The maximum absolute atomic E-state index is 12.2. The first-order chi connectivity index (χ1) is 10.8. The molecule has 0 fully saturated rings. The lowest BCUT2D eigenvalue weighted by Gasteiger charge is -2.14. The molecule has 8 heteroatoms. The highest BCUT2D eigenvalue weighted by atomic mass is 35.5. The minimum Gasteiger partial charge on any atom is -0.479 e. The summed E-state index contributed by atoms with van der Waals surface area (Å²) in [6, 6.07) is 4.85. The molecule has 0 saturated heterocycles.